The Bertz CT molecular complexity index is 663. The maximum atomic E-state index is 12.2. The molecule has 0 amide bonds. The van der Waals surface area contributed by atoms with Crippen LogP contribution in [-0.2, 0) is 20.0 Å². The minimum absolute atomic E-state index is 0.0397. The highest BCUT2D eigenvalue weighted by molar-refractivity contribution is 5.51. The second kappa shape index (κ2) is 4.60. The van der Waals surface area contributed by atoms with Crippen molar-refractivity contribution in [2.75, 3.05) is 6.54 Å². The summed E-state index contributed by atoms with van der Waals surface area (Å²) in [6.45, 7) is 1.28. The van der Waals surface area contributed by atoms with Crippen LogP contribution in [0.25, 0.3) is 11.4 Å². The van der Waals surface area contributed by atoms with E-state index in [1.165, 1.54) is 0 Å². The fraction of sp³-hybridized carbons (Fsp3) is 0.286. The summed E-state index contributed by atoms with van der Waals surface area (Å²) >= 11 is 0. The van der Waals surface area contributed by atoms with Gasteiger partial charge >= 0.3 is 5.56 Å². The minimum atomic E-state index is -0.0397. The largest absolute Gasteiger partial charge is 0.340 e. The number of hydrogen-bond acceptors (Lipinski definition) is 3. The molecule has 5 nitrogen and oxygen atoms in total. The molecule has 0 bridgehead atoms. The molecule has 3 N–H and O–H groups in total. The van der Waals surface area contributed by atoms with Crippen molar-refractivity contribution in [1.82, 2.24) is 9.99 Å². The molecule has 0 radical (unpaired) electrons. The van der Waals surface area contributed by atoms with Crippen molar-refractivity contribution in [1.29, 1.82) is 0 Å². The van der Waals surface area contributed by atoms with Gasteiger partial charge in [0, 0.05) is 19.5 Å². The molecule has 0 saturated heterocycles. The van der Waals surface area contributed by atoms with Crippen molar-refractivity contribution >= 4 is 0 Å². The van der Waals surface area contributed by atoms with Gasteiger partial charge in [-0.15, -0.1) is 0 Å². The van der Waals surface area contributed by atoms with E-state index in [1.54, 1.807) is 5.01 Å². The molecule has 0 atom stereocenters. The lowest BCUT2D eigenvalue weighted by Crippen LogP contribution is -2.49. The van der Waals surface area contributed by atoms with Crippen LogP contribution >= 0.6 is 0 Å². The lowest BCUT2D eigenvalue weighted by Gasteiger charge is -2.23. The number of benzene rings is 1. The quantitative estimate of drug-likeness (QED) is 0.562. The van der Waals surface area contributed by atoms with Crippen molar-refractivity contribution in [3.05, 3.63) is 51.9 Å². The predicted octanol–water partition coefficient (Wildman–Crippen LogP) is 0.0982. The van der Waals surface area contributed by atoms with Crippen molar-refractivity contribution in [2.24, 2.45) is 12.9 Å². The molecule has 0 spiro atoms. The Hall–Kier alpha value is -1.98. The number of H-pyrrole nitrogens is 1. The summed E-state index contributed by atoms with van der Waals surface area (Å²) in [6.07, 6.45) is 0.798. The van der Waals surface area contributed by atoms with E-state index < -0.39 is 0 Å². The molecule has 3 rings (SSSR count). The van der Waals surface area contributed by atoms with Crippen LogP contribution in [0, 0.1) is 0 Å². The van der Waals surface area contributed by atoms with E-state index in [2.05, 4.69) is 9.55 Å². The SMILES string of the molecule is C[n+]1c(-c2ccccc2)[nH]c(=O)c2c1CCN(N)C2. The molecular formula is C14H17N4O+. The highest BCUT2D eigenvalue weighted by Gasteiger charge is 2.26. The van der Waals surface area contributed by atoms with Gasteiger partial charge in [-0.25, -0.2) is 19.4 Å². The van der Waals surface area contributed by atoms with E-state index in [9.17, 15) is 4.79 Å². The summed E-state index contributed by atoms with van der Waals surface area (Å²) in [4.78, 5) is 15.2. The topological polar surface area (TPSA) is 66.0 Å². The number of aromatic amines is 1. The molecule has 5 heteroatoms. The Kier molecular flexibility index (Phi) is 2.93. The van der Waals surface area contributed by atoms with E-state index in [-0.39, 0.29) is 5.56 Å². The zero-order valence-electron chi connectivity index (χ0n) is 10.9. The molecule has 1 aromatic heterocycles. The van der Waals surface area contributed by atoms with Crippen LogP contribution < -0.4 is 16.0 Å². The predicted molar refractivity (Wildman–Crippen MR) is 72.0 cm³/mol. The molecule has 0 fully saturated rings. The van der Waals surface area contributed by atoms with Gasteiger partial charge in [-0.1, -0.05) is 18.2 Å². The first kappa shape index (κ1) is 12.1. The molecule has 0 unspecified atom stereocenters. The number of fused-ring (bicyclic) bond motifs is 1. The number of aromatic nitrogens is 2. The molecule has 0 saturated carbocycles. The van der Waals surface area contributed by atoms with E-state index in [4.69, 9.17) is 5.84 Å². The van der Waals surface area contributed by atoms with Crippen molar-refractivity contribution in [3.63, 3.8) is 0 Å². The van der Waals surface area contributed by atoms with E-state index in [0.29, 0.717) is 6.54 Å². The van der Waals surface area contributed by atoms with E-state index >= 15 is 0 Å². The fourth-order valence-electron chi connectivity index (χ4n) is 2.61. The Morgan fingerprint density at radius 2 is 2.05 bits per heavy atom. The first-order chi connectivity index (χ1) is 9.16. The van der Waals surface area contributed by atoms with Gasteiger partial charge < -0.3 is 0 Å². The zero-order valence-corrected chi connectivity index (χ0v) is 10.9. The Morgan fingerprint density at radius 1 is 1.32 bits per heavy atom. The standard InChI is InChI=1S/C14H16N4O/c1-17-12-7-8-18(15)9-11(12)14(19)16-13(17)10-5-3-2-4-6-10/h2-6H,7-9,15H2,1H3/p+1. The number of hydrogen-bond donors (Lipinski definition) is 2. The number of nitrogens with two attached hydrogens (primary N) is 1. The molecule has 19 heavy (non-hydrogen) atoms. The van der Waals surface area contributed by atoms with Gasteiger partial charge in [-0.05, 0) is 12.1 Å². The number of nitrogens with one attached hydrogen (secondary N) is 1. The summed E-state index contributed by atoms with van der Waals surface area (Å²) in [5.41, 5.74) is 2.82. The summed E-state index contributed by atoms with van der Waals surface area (Å²) in [6, 6.07) is 9.89. The average Bonchev–Trinajstić information content (AvgIpc) is 2.43. The molecule has 2 aromatic rings. The minimum Gasteiger partial charge on any atom is -0.268 e. The first-order valence-corrected chi connectivity index (χ1v) is 6.36. The zero-order chi connectivity index (χ0) is 13.4. The molecular weight excluding hydrogens is 240 g/mol. The first-order valence-electron chi connectivity index (χ1n) is 6.36. The molecule has 0 aliphatic carbocycles. The Morgan fingerprint density at radius 3 is 2.79 bits per heavy atom. The second-order valence-corrected chi connectivity index (χ2v) is 4.87. The monoisotopic (exact) mass is 257 g/mol. The smallest absolute Gasteiger partial charge is 0.268 e. The summed E-state index contributed by atoms with van der Waals surface area (Å²) in [5, 5.41) is 1.68. The van der Waals surface area contributed by atoms with Gasteiger partial charge in [0.1, 0.15) is 5.69 Å². The average molecular weight is 257 g/mol. The van der Waals surface area contributed by atoms with Gasteiger partial charge in [0.05, 0.1) is 18.2 Å². The molecule has 98 valence electrons. The van der Waals surface area contributed by atoms with Crippen molar-refractivity contribution < 1.29 is 4.57 Å². The highest BCUT2D eigenvalue weighted by Crippen LogP contribution is 2.15. The summed E-state index contributed by atoms with van der Waals surface area (Å²) < 4.78 is 2.07. The van der Waals surface area contributed by atoms with Gasteiger partial charge in [0.25, 0.3) is 5.82 Å². The maximum Gasteiger partial charge on any atom is 0.340 e. The van der Waals surface area contributed by atoms with E-state index in [1.807, 2.05) is 37.4 Å². The molecule has 1 aliphatic rings. The Labute approximate surface area is 111 Å². The van der Waals surface area contributed by atoms with Crippen LogP contribution in [0.4, 0.5) is 0 Å². The highest BCUT2D eigenvalue weighted by atomic mass is 16.1. The maximum absolute atomic E-state index is 12.2. The third-order valence-electron chi connectivity index (χ3n) is 3.64. The van der Waals surface area contributed by atoms with Crippen LogP contribution in [0.15, 0.2) is 35.1 Å². The lowest BCUT2D eigenvalue weighted by molar-refractivity contribution is -0.671. The van der Waals surface area contributed by atoms with Crippen LogP contribution in [0.3, 0.4) is 0 Å². The Balaban J connectivity index is 2.20. The van der Waals surface area contributed by atoms with Gasteiger partial charge in [-0.3, -0.25) is 5.84 Å². The van der Waals surface area contributed by atoms with Gasteiger partial charge in [0.2, 0.25) is 0 Å². The van der Waals surface area contributed by atoms with Gasteiger partial charge in [-0.2, -0.15) is 0 Å². The van der Waals surface area contributed by atoms with Crippen LogP contribution in [0.2, 0.25) is 0 Å². The third kappa shape index (κ3) is 2.07. The number of nitrogens with zero attached hydrogens (tertiary/aromatic N) is 2. The van der Waals surface area contributed by atoms with Gasteiger partial charge in [0.15, 0.2) is 0 Å². The van der Waals surface area contributed by atoms with Crippen molar-refractivity contribution in [3.8, 4) is 11.4 Å². The second-order valence-electron chi connectivity index (χ2n) is 4.87. The summed E-state index contributed by atoms with van der Waals surface area (Å²) in [5.74, 6) is 6.63. The third-order valence-corrected chi connectivity index (χ3v) is 3.64. The van der Waals surface area contributed by atoms with Crippen LogP contribution in [0.1, 0.15) is 11.3 Å². The molecule has 1 aromatic carbocycles. The normalized spacial score (nSPS) is 15.3. The number of hydrazine groups is 1. The fourth-order valence-corrected chi connectivity index (χ4v) is 2.61. The molecule has 1 aliphatic heterocycles. The lowest BCUT2D eigenvalue weighted by atomic mass is 10.1. The summed E-state index contributed by atoms with van der Waals surface area (Å²) in [7, 11) is 1.99. The molecule has 2 heterocycles. The van der Waals surface area contributed by atoms with E-state index in [0.717, 1.165) is 35.6 Å². The van der Waals surface area contributed by atoms with Crippen molar-refractivity contribution in [2.45, 2.75) is 13.0 Å². The van der Waals surface area contributed by atoms with Crippen LogP contribution in [0.5, 0.6) is 0 Å². The number of rotatable bonds is 1. The van der Waals surface area contributed by atoms with Crippen LogP contribution in [-0.4, -0.2) is 16.5 Å².